The van der Waals surface area contributed by atoms with Crippen LogP contribution in [0.2, 0.25) is 0 Å². The third-order valence-electron chi connectivity index (χ3n) is 4.79. The SMILES string of the molecule is O=C(NCc1cnc(-c2ncco2)s1)c1ccc2c(c1)NC(=O)c1ccccc1S2(=O)=O. The minimum Gasteiger partial charge on any atom is -0.443 e. The smallest absolute Gasteiger partial charge is 0.257 e. The quantitative estimate of drug-likeness (QED) is 0.472. The molecular formula is C21H14N4O5S2. The van der Waals surface area contributed by atoms with Crippen molar-refractivity contribution in [1.29, 1.82) is 0 Å². The number of anilines is 1. The van der Waals surface area contributed by atoms with Crippen LogP contribution < -0.4 is 10.6 Å². The Morgan fingerprint density at radius 3 is 2.78 bits per heavy atom. The Hall–Kier alpha value is -3.83. The molecule has 1 aliphatic heterocycles. The maximum absolute atomic E-state index is 13.0. The van der Waals surface area contributed by atoms with Crippen LogP contribution >= 0.6 is 11.3 Å². The maximum Gasteiger partial charge on any atom is 0.257 e. The van der Waals surface area contributed by atoms with Crippen LogP contribution in [0.3, 0.4) is 0 Å². The molecule has 0 saturated heterocycles. The summed E-state index contributed by atoms with van der Waals surface area (Å²) in [5.74, 6) is -0.576. The van der Waals surface area contributed by atoms with Gasteiger partial charge < -0.3 is 15.1 Å². The van der Waals surface area contributed by atoms with Crippen LogP contribution in [0.25, 0.3) is 10.9 Å². The average molecular weight is 467 g/mol. The van der Waals surface area contributed by atoms with Crippen LogP contribution in [0.1, 0.15) is 25.6 Å². The Balaban J connectivity index is 1.38. The summed E-state index contributed by atoms with van der Waals surface area (Å²) in [6, 6.07) is 10.1. The summed E-state index contributed by atoms with van der Waals surface area (Å²) in [7, 11) is -3.92. The first-order valence-electron chi connectivity index (χ1n) is 9.36. The van der Waals surface area contributed by atoms with Crippen LogP contribution in [0, 0.1) is 0 Å². The van der Waals surface area contributed by atoms with Gasteiger partial charge in [0.1, 0.15) is 6.26 Å². The number of nitrogens with zero attached hydrogens (tertiary/aromatic N) is 2. The average Bonchev–Trinajstić information content (AvgIpc) is 3.47. The van der Waals surface area contributed by atoms with Crippen molar-refractivity contribution in [3.05, 3.63) is 77.1 Å². The molecule has 5 rings (SSSR count). The fraction of sp³-hybridized carbons (Fsp3) is 0.0476. The molecule has 0 saturated carbocycles. The molecule has 0 spiro atoms. The highest BCUT2D eigenvalue weighted by atomic mass is 32.2. The number of hydrogen-bond acceptors (Lipinski definition) is 8. The number of oxazole rings is 1. The largest absolute Gasteiger partial charge is 0.443 e. The molecule has 11 heteroatoms. The van der Waals surface area contributed by atoms with Gasteiger partial charge in [0.25, 0.3) is 17.7 Å². The second-order valence-electron chi connectivity index (χ2n) is 6.82. The number of amides is 2. The van der Waals surface area contributed by atoms with Crippen LogP contribution in [-0.2, 0) is 16.4 Å². The fourth-order valence-electron chi connectivity index (χ4n) is 3.29. The van der Waals surface area contributed by atoms with E-state index in [0.717, 1.165) is 4.88 Å². The first kappa shape index (κ1) is 20.1. The van der Waals surface area contributed by atoms with Gasteiger partial charge in [0.05, 0.1) is 33.8 Å². The molecule has 0 unspecified atom stereocenters. The first-order valence-corrected chi connectivity index (χ1v) is 11.7. The first-order chi connectivity index (χ1) is 15.4. The summed E-state index contributed by atoms with van der Waals surface area (Å²) in [4.78, 5) is 34.1. The number of benzene rings is 2. The Labute approximate surface area is 186 Å². The van der Waals surface area contributed by atoms with E-state index >= 15 is 0 Å². The predicted molar refractivity (Wildman–Crippen MR) is 115 cm³/mol. The monoisotopic (exact) mass is 466 g/mol. The molecule has 1 aliphatic rings. The van der Waals surface area contributed by atoms with Crippen molar-refractivity contribution in [2.24, 2.45) is 0 Å². The van der Waals surface area contributed by atoms with Crippen molar-refractivity contribution < 1.29 is 22.4 Å². The maximum atomic E-state index is 13.0. The van der Waals surface area contributed by atoms with E-state index in [1.165, 1.54) is 54.1 Å². The molecule has 4 aromatic rings. The van der Waals surface area contributed by atoms with Crippen molar-refractivity contribution in [1.82, 2.24) is 15.3 Å². The third kappa shape index (κ3) is 3.47. The number of carbonyl (C=O) groups is 2. The van der Waals surface area contributed by atoms with Crippen LogP contribution in [-0.4, -0.2) is 30.2 Å². The van der Waals surface area contributed by atoms with Crippen molar-refractivity contribution in [2.45, 2.75) is 16.3 Å². The van der Waals surface area contributed by atoms with E-state index in [2.05, 4.69) is 20.6 Å². The number of nitrogens with one attached hydrogen (secondary N) is 2. The highest BCUT2D eigenvalue weighted by molar-refractivity contribution is 7.91. The van der Waals surface area contributed by atoms with Gasteiger partial charge in [-0.1, -0.05) is 12.1 Å². The molecule has 3 heterocycles. The molecule has 2 aromatic carbocycles. The Bertz CT molecular complexity index is 1460. The lowest BCUT2D eigenvalue weighted by atomic mass is 10.1. The van der Waals surface area contributed by atoms with Crippen molar-refractivity contribution in [2.75, 3.05) is 5.32 Å². The number of hydrogen-bond donors (Lipinski definition) is 2. The summed E-state index contributed by atoms with van der Waals surface area (Å²) in [5.41, 5.74) is 0.326. The van der Waals surface area contributed by atoms with Gasteiger partial charge in [-0.3, -0.25) is 9.59 Å². The van der Waals surface area contributed by atoms with Gasteiger partial charge in [-0.05, 0) is 30.3 Å². The predicted octanol–water partition coefficient (Wildman–Crippen LogP) is 3.13. The molecule has 2 N–H and O–H groups in total. The summed E-state index contributed by atoms with van der Waals surface area (Å²) >= 11 is 1.33. The van der Waals surface area contributed by atoms with Gasteiger partial charge in [0, 0.05) is 16.6 Å². The van der Waals surface area contributed by atoms with Gasteiger partial charge in [-0.2, -0.15) is 0 Å². The fourth-order valence-corrected chi connectivity index (χ4v) is 5.67. The Morgan fingerprint density at radius 1 is 1.12 bits per heavy atom. The molecule has 0 fully saturated rings. The molecule has 9 nitrogen and oxygen atoms in total. The van der Waals surface area contributed by atoms with E-state index in [1.807, 2.05) is 0 Å². The Morgan fingerprint density at radius 2 is 1.97 bits per heavy atom. The number of carbonyl (C=O) groups excluding carboxylic acids is 2. The second kappa shape index (κ2) is 7.70. The van der Waals surface area contributed by atoms with Gasteiger partial charge in [-0.15, -0.1) is 11.3 Å². The minimum absolute atomic E-state index is 0.0572. The summed E-state index contributed by atoms with van der Waals surface area (Å²) in [5, 5.41) is 5.96. The van der Waals surface area contributed by atoms with E-state index in [0.29, 0.717) is 10.9 Å². The molecular weight excluding hydrogens is 452 g/mol. The summed E-state index contributed by atoms with van der Waals surface area (Å²) < 4.78 is 31.3. The lowest BCUT2D eigenvalue weighted by molar-refractivity contribution is 0.0949. The molecule has 0 radical (unpaired) electrons. The van der Waals surface area contributed by atoms with Gasteiger partial charge in [0.2, 0.25) is 9.84 Å². The zero-order valence-electron chi connectivity index (χ0n) is 16.2. The van der Waals surface area contributed by atoms with Gasteiger partial charge in [-0.25, -0.2) is 18.4 Å². The van der Waals surface area contributed by atoms with Crippen LogP contribution in [0.4, 0.5) is 5.69 Å². The zero-order chi connectivity index (χ0) is 22.3. The molecule has 0 bridgehead atoms. The standard InChI is InChI=1S/C21H14N4O5S2/c26-18(23-10-13-11-24-21(31-13)20-22-7-8-30-20)12-5-6-17-15(9-12)25-19(27)14-3-1-2-4-16(14)32(17,28)29/h1-9,11H,10H2,(H,23,26)(H,25,27). The third-order valence-corrected chi connectivity index (χ3v) is 7.65. The number of aromatic nitrogens is 2. The number of thiazole rings is 1. The second-order valence-corrected chi connectivity index (χ2v) is 9.82. The van der Waals surface area contributed by atoms with Gasteiger partial charge >= 0.3 is 0 Å². The molecule has 0 aliphatic carbocycles. The lowest BCUT2D eigenvalue weighted by Crippen LogP contribution is -2.22. The van der Waals surface area contributed by atoms with E-state index in [-0.39, 0.29) is 33.2 Å². The number of fused-ring (bicyclic) bond motifs is 2. The number of rotatable bonds is 4. The van der Waals surface area contributed by atoms with E-state index in [4.69, 9.17) is 4.42 Å². The van der Waals surface area contributed by atoms with Crippen LogP contribution in [0.15, 0.2) is 75.3 Å². The molecule has 0 atom stereocenters. The minimum atomic E-state index is -3.92. The molecule has 160 valence electrons. The number of sulfone groups is 1. The van der Waals surface area contributed by atoms with Gasteiger partial charge in [0.15, 0.2) is 5.01 Å². The molecule has 32 heavy (non-hydrogen) atoms. The molecule has 2 amide bonds. The van der Waals surface area contributed by atoms with Crippen molar-refractivity contribution in [3.63, 3.8) is 0 Å². The normalized spacial score (nSPS) is 14.1. The van der Waals surface area contributed by atoms with Crippen molar-refractivity contribution in [3.8, 4) is 10.9 Å². The molecule has 2 aromatic heterocycles. The van der Waals surface area contributed by atoms with Crippen LogP contribution in [0.5, 0.6) is 0 Å². The highest BCUT2D eigenvalue weighted by Gasteiger charge is 2.31. The highest BCUT2D eigenvalue weighted by Crippen LogP contribution is 2.34. The topological polar surface area (TPSA) is 131 Å². The zero-order valence-corrected chi connectivity index (χ0v) is 17.9. The van der Waals surface area contributed by atoms with E-state index in [9.17, 15) is 18.0 Å². The Kier molecular flexibility index (Phi) is 4.83. The van der Waals surface area contributed by atoms with E-state index < -0.39 is 21.7 Å². The summed E-state index contributed by atoms with van der Waals surface area (Å²) in [6.45, 7) is 0.213. The lowest BCUT2D eigenvalue weighted by Gasteiger charge is -2.10. The van der Waals surface area contributed by atoms with Crippen molar-refractivity contribution >= 4 is 38.7 Å². The summed E-state index contributed by atoms with van der Waals surface area (Å²) in [6.07, 6.45) is 4.59. The van der Waals surface area contributed by atoms with E-state index in [1.54, 1.807) is 18.3 Å².